The summed E-state index contributed by atoms with van der Waals surface area (Å²) in [6.07, 6.45) is -4.84. The number of aliphatic carboxylic acids is 2. The van der Waals surface area contributed by atoms with E-state index in [9.17, 15) is 33.0 Å². The van der Waals surface area contributed by atoms with E-state index in [2.05, 4.69) is 34.5 Å². The van der Waals surface area contributed by atoms with Crippen molar-refractivity contribution >= 4 is 11.9 Å². The van der Waals surface area contributed by atoms with E-state index in [0.29, 0.717) is 13.1 Å². The zero-order valence-electron chi connectivity index (χ0n) is 26.1. The van der Waals surface area contributed by atoms with Crippen LogP contribution in [0, 0.1) is 10.8 Å². The third kappa shape index (κ3) is 5.50. The topological polar surface area (TPSA) is 116 Å². The first kappa shape index (κ1) is 33.6. The number of carbonyl (C=O) groups is 2. The van der Waals surface area contributed by atoms with Gasteiger partial charge in [-0.05, 0) is 75.0 Å². The number of rotatable bonds is 9. The predicted molar refractivity (Wildman–Crippen MR) is 169 cm³/mol. The van der Waals surface area contributed by atoms with Crippen LogP contribution in [0.2, 0.25) is 0 Å². The molecule has 2 aliphatic heterocycles. The molecular formula is C36H42F3N3O4. The minimum absolute atomic E-state index is 0.0707. The zero-order valence-corrected chi connectivity index (χ0v) is 26.1. The maximum atomic E-state index is 14.5. The molecule has 10 heteroatoms. The Bertz CT molecular complexity index is 1490. The van der Waals surface area contributed by atoms with Crippen LogP contribution in [0.1, 0.15) is 67.7 Å². The van der Waals surface area contributed by atoms with Gasteiger partial charge in [0.1, 0.15) is 5.41 Å². The van der Waals surface area contributed by atoms with E-state index in [1.165, 1.54) is 29.3 Å². The Morgan fingerprint density at radius 1 is 0.870 bits per heavy atom. The number of nitrogens with one attached hydrogen (secondary N) is 1. The van der Waals surface area contributed by atoms with Gasteiger partial charge in [-0.2, -0.15) is 13.2 Å². The maximum Gasteiger partial charge on any atom is 0.416 e. The highest BCUT2D eigenvalue weighted by molar-refractivity contribution is 5.84. The molecule has 3 aromatic carbocycles. The molecule has 7 nitrogen and oxygen atoms in total. The fourth-order valence-electron chi connectivity index (χ4n) is 8.39. The van der Waals surface area contributed by atoms with Crippen LogP contribution in [0.15, 0.2) is 84.9 Å². The molecule has 2 aliphatic rings. The molecule has 0 amide bonds. The Morgan fingerprint density at radius 2 is 1.37 bits per heavy atom. The van der Waals surface area contributed by atoms with Gasteiger partial charge in [0.05, 0.1) is 17.1 Å². The van der Waals surface area contributed by atoms with Crippen LogP contribution < -0.4 is 11.1 Å². The van der Waals surface area contributed by atoms with Gasteiger partial charge in [0.15, 0.2) is 0 Å². The molecule has 2 saturated heterocycles. The first-order valence-corrected chi connectivity index (χ1v) is 15.8. The van der Waals surface area contributed by atoms with Crippen LogP contribution in [-0.2, 0) is 21.2 Å². The number of halogens is 3. The lowest BCUT2D eigenvalue weighted by atomic mass is 9.50. The van der Waals surface area contributed by atoms with Crippen molar-refractivity contribution in [2.75, 3.05) is 19.6 Å². The Hall–Kier alpha value is -3.73. The van der Waals surface area contributed by atoms with Gasteiger partial charge in [0, 0.05) is 17.4 Å². The lowest BCUT2D eigenvalue weighted by Gasteiger charge is -2.57. The van der Waals surface area contributed by atoms with Crippen molar-refractivity contribution in [3.63, 3.8) is 0 Å². The quantitative estimate of drug-likeness (QED) is 0.225. The molecule has 0 radical (unpaired) electrons. The molecule has 246 valence electrons. The number of benzene rings is 3. The number of nitrogens with zero attached hydrogens (tertiary/aromatic N) is 1. The molecule has 5 atom stereocenters. The summed E-state index contributed by atoms with van der Waals surface area (Å²) in [6, 6.07) is 24.4. The van der Waals surface area contributed by atoms with Gasteiger partial charge in [-0.1, -0.05) is 85.8 Å². The molecule has 5 rings (SSSR count). The molecule has 46 heavy (non-hydrogen) atoms. The lowest BCUT2D eigenvalue weighted by molar-refractivity contribution is -0.176. The number of likely N-dealkylation sites (tertiary alicyclic amines) is 1. The van der Waals surface area contributed by atoms with Gasteiger partial charge in [-0.3, -0.25) is 14.9 Å². The number of hydrogen-bond donors (Lipinski definition) is 4. The fraction of sp³-hybridized carbons (Fsp3) is 0.444. The van der Waals surface area contributed by atoms with Crippen LogP contribution in [0.3, 0.4) is 0 Å². The largest absolute Gasteiger partial charge is 0.481 e. The van der Waals surface area contributed by atoms with Crippen molar-refractivity contribution in [2.45, 2.75) is 69.2 Å². The number of piperidine rings is 2. The second-order valence-corrected chi connectivity index (χ2v) is 12.8. The van der Waals surface area contributed by atoms with Gasteiger partial charge >= 0.3 is 18.1 Å². The predicted octanol–water partition coefficient (Wildman–Crippen LogP) is 6.09. The van der Waals surface area contributed by atoms with Gasteiger partial charge in [-0.25, -0.2) is 0 Å². The Balaban J connectivity index is 1.54. The molecule has 3 aromatic rings. The van der Waals surface area contributed by atoms with E-state index in [4.69, 9.17) is 5.73 Å². The highest BCUT2D eigenvalue weighted by Crippen LogP contribution is 2.59. The summed E-state index contributed by atoms with van der Waals surface area (Å²) in [5.74, 6) is -4.34. The van der Waals surface area contributed by atoms with E-state index < -0.39 is 52.6 Å². The molecule has 2 fully saturated rings. The summed E-state index contributed by atoms with van der Waals surface area (Å²) in [6.45, 7) is 4.64. The zero-order chi connectivity index (χ0) is 33.3. The van der Waals surface area contributed by atoms with Crippen molar-refractivity contribution in [2.24, 2.45) is 16.6 Å². The third-order valence-corrected chi connectivity index (χ3v) is 11.0. The molecule has 0 saturated carbocycles. The van der Waals surface area contributed by atoms with Crippen molar-refractivity contribution in [1.29, 1.82) is 0 Å². The van der Waals surface area contributed by atoms with Gasteiger partial charge < -0.3 is 20.8 Å². The molecule has 0 aromatic heterocycles. The van der Waals surface area contributed by atoms with Crippen LogP contribution >= 0.6 is 0 Å². The van der Waals surface area contributed by atoms with Crippen LogP contribution in [0.5, 0.6) is 0 Å². The Morgan fingerprint density at radius 3 is 1.85 bits per heavy atom. The fourth-order valence-corrected chi connectivity index (χ4v) is 8.39. The number of hydrogen-bond acceptors (Lipinski definition) is 5. The number of carboxylic acid groups (broad SMARTS) is 2. The average Bonchev–Trinajstić information content (AvgIpc) is 3.04. The van der Waals surface area contributed by atoms with Crippen molar-refractivity contribution in [1.82, 2.24) is 10.2 Å². The summed E-state index contributed by atoms with van der Waals surface area (Å²) in [7, 11) is 0. The Labute approximate surface area is 267 Å². The monoisotopic (exact) mass is 637 g/mol. The first-order chi connectivity index (χ1) is 21.8. The SMILES string of the molecule is CCC1(C(=O)O)C(N)NC(C)C(CCN2CCC(c3ccccc3)(c3ccccc3)CC2)(C(=O)O)C1c1ccccc1C(F)(F)F. The summed E-state index contributed by atoms with van der Waals surface area (Å²) in [5.41, 5.74) is 3.24. The molecule has 2 heterocycles. The summed E-state index contributed by atoms with van der Waals surface area (Å²) < 4.78 is 43.5. The number of alkyl halides is 3. The normalized spacial score (nSPS) is 28.4. The summed E-state index contributed by atoms with van der Waals surface area (Å²) in [4.78, 5) is 28.8. The summed E-state index contributed by atoms with van der Waals surface area (Å²) in [5, 5.41) is 24.7. The van der Waals surface area contributed by atoms with E-state index in [-0.39, 0.29) is 30.4 Å². The second kappa shape index (κ2) is 12.8. The molecule has 0 spiro atoms. The van der Waals surface area contributed by atoms with E-state index in [1.807, 2.05) is 36.4 Å². The first-order valence-electron chi connectivity index (χ1n) is 15.8. The van der Waals surface area contributed by atoms with Gasteiger partial charge in [0.2, 0.25) is 0 Å². The van der Waals surface area contributed by atoms with Crippen molar-refractivity contribution in [3.05, 3.63) is 107 Å². The molecule has 0 bridgehead atoms. The highest BCUT2D eigenvalue weighted by Gasteiger charge is 2.67. The van der Waals surface area contributed by atoms with Crippen LogP contribution in [-0.4, -0.2) is 58.9 Å². The standard InChI is InChI=1S/C36H42F3N3O4/c1-3-34(31(43)44)29(27-16-10-11-17-28(27)36(37,38)39)35(32(45)46,24(2)41-30(34)40)20-23-42-21-18-33(19-22-42,25-12-6-4-7-13-25)26-14-8-5-9-15-26/h4-17,24,29-30,41H,3,18-23,40H2,1-2H3,(H,43,44)(H,45,46). The van der Waals surface area contributed by atoms with Crippen molar-refractivity contribution in [3.8, 4) is 0 Å². The second-order valence-electron chi connectivity index (χ2n) is 12.8. The molecule has 5 N–H and O–H groups in total. The number of nitrogens with two attached hydrogens (primary N) is 1. The van der Waals surface area contributed by atoms with E-state index in [1.54, 1.807) is 13.8 Å². The van der Waals surface area contributed by atoms with Gasteiger partial charge in [-0.15, -0.1) is 0 Å². The molecular weight excluding hydrogens is 595 g/mol. The summed E-state index contributed by atoms with van der Waals surface area (Å²) >= 11 is 0. The van der Waals surface area contributed by atoms with E-state index >= 15 is 0 Å². The Kier molecular flexibility index (Phi) is 9.37. The molecule has 0 aliphatic carbocycles. The maximum absolute atomic E-state index is 14.5. The number of carboxylic acids is 2. The van der Waals surface area contributed by atoms with Gasteiger partial charge in [0.25, 0.3) is 0 Å². The lowest BCUT2D eigenvalue weighted by Crippen LogP contribution is -2.73. The van der Waals surface area contributed by atoms with Crippen molar-refractivity contribution < 1.29 is 33.0 Å². The van der Waals surface area contributed by atoms with Crippen LogP contribution in [0.25, 0.3) is 0 Å². The van der Waals surface area contributed by atoms with Crippen LogP contribution in [0.4, 0.5) is 13.2 Å². The third-order valence-electron chi connectivity index (χ3n) is 11.0. The smallest absolute Gasteiger partial charge is 0.416 e. The molecule has 5 unspecified atom stereocenters. The van der Waals surface area contributed by atoms with E-state index in [0.717, 1.165) is 18.9 Å². The highest BCUT2D eigenvalue weighted by atomic mass is 19.4. The average molecular weight is 638 g/mol. The minimum Gasteiger partial charge on any atom is -0.481 e. The minimum atomic E-state index is -4.83.